The number of hydrogen-bond donors (Lipinski definition) is 1. The highest BCUT2D eigenvalue weighted by molar-refractivity contribution is 5.85. The number of Topliss-reactive ketones (excluding diaryl/α,β-unsaturated/α-hetero) is 1. The van der Waals surface area contributed by atoms with Gasteiger partial charge < -0.3 is 10.5 Å². The zero-order valence-corrected chi connectivity index (χ0v) is 16.6. The second kappa shape index (κ2) is 9.43. The van der Waals surface area contributed by atoms with Crippen LogP contribution in [0.4, 0.5) is 4.39 Å². The molecule has 0 amide bonds. The standard InChI is InChI=1S/C24H25FN2O2/c1-16(2)14-22(26)24(28)15-19-4-3-5-23(27-19)17-6-10-20(11-7-17)29-21-12-8-18(25)9-13-21/h3-13,16,22H,14-15,26H2,1-2H3/t22-/m0/s1. The van der Waals surface area contributed by atoms with Gasteiger partial charge in [0.05, 0.1) is 18.2 Å². The Hall–Kier alpha value is -3.05. The molecular weight excluding hydrogens is 367 g/mol. The first kappa shape index (κ1) is 20.7. The van der Waals surface area contributed by atoms with Gasteiger partial charge in [-0.15, -0.1) is 0 Å². The highest BCUT2D eigenvalue weighted by Crippen LogP contribution is 2.25. The number of nitrogens with zero attached hydrogens (tertiary/aromatic N) is 1. The Morgan fingerprint density at radius 1 is 1.00 bits per heavy atom. The molecule has 0 bridgehead atoms. The third-order valence-electron chi connectivity index (χ3n) is 4.50. The molecule has 5 heteroatoms. The predicted octanol–water partition coefficient (Wildman–Crippen LogP) is 5.17. The van der Waals surface area contributed by atoms with Crippen LogP contribution in [0, 0.1) is 11.7 Å². The zero-order valence-electron chi connectivity index (χ0n) is 16.6. The normalized spacial score (nSPS) is 12.0. The fraction of sp³-hybridized carbons (Fsp3) is 0.250. The minimum absolute atomic E-state index is 0.00592. The second-order valence-electron chi connectivity index (χ2n) is 7.47. The molecule has 2 aromatic carbocycles. The number of ketones is 1. The van der Waals surface area contributed by atoms with Crippen molar-refractivity contribution in [2.24, 2.45) is 11.7 Å². The molecule has 3 aromatic rings. The lowest BCUT2D eigenvalue weighted by Crippen LogP contribution is -2.33. The molecule has 29 heavy (non-hydrogen) atoms. The molecule has 150 valence electrons. The number of benzene rings is 2. The summed E-state index contributed by atoms with van der Waals surface area (Å²) in [6.45, 7) is 4.10. The number of halogens is 1. The van der Waals surface area contributed by atoms with Crippen molar-refractivity contribution >= 4 is 5.78 Å². The van der Waals surface area contributed by atoms with E-state index in [1.165, 1.54) is 12.1 Å². The van der Waals surface area contributed by atoms with Gasteiger partial charge in [-0.1, -0.05) is 19.9 Å². The second-order valence-corrected chi connectivity index (χ2v) is 7.47. The molecule has 4 nitrogen and oxygen atoms in total. The smallest absolute Gasteiger partial charge is 0.155 e. The lowest BCUT2D eigenvalue weighted by atomic mass is 9.98. The van der Waals surface area contributed by atoms with Crippen LogP contribution < -0.4 is 10.5 Å². The molecule has 0 saturated heterocycles. The van der Waals surface area contributed by atoms with E-state index in [2.05, 4.69) is 18.8 Å². The summed E-state index contributed by atoms with van der Waals surface area (Å²) in [5.41, 5.74) is 8.39. The maximum absolute atomic E-state index is 13.0. The summed E-state index contributed by atoms with van der Waals surface area (Å²) in [6.07, 6.45) is 0.904. The van der Waals surface area contributed by atoms with Crippen LogP contribution in [-0.2, 0) is 11.2 Å². The van der Waals surface area contributed by atoms with Crippen LogP contribution in [-0.4, -0.2) is 16.8 Å². The minimum Gasteiger partial charge on any atom is -0.457 e. The highest BCUT2D eigenvalue weighted by atomic mass is 19.1. The minimum atomic E-state index is -0.455. The number of hydrogen-bond acceptors (Lipinski definition) is 4. The van der Waals surface area contributed by atoms with Crippen molar-refractivity contribution < 1.29 is 13.9 Å². The average Bonchev–Trinajstić information content (AvgIpc) is 2.70. The monoisotopic (exact) mass is 392 g/mol. The number of carbonyl (C=O) groups is 1. The van der Waals surface area contributed by atoms with Crippen LogP contribution in [0.2, 0.25) is 0 Å². The fourth-order valence-corrected chi connectivity index (χ4v) is 3.02. The summed E-state index contributed by atoms with van der Waals surface area (Å²) in [4.78, 5) is 16.9. The van der Waals surface area contributed by atoms with E-state index in [1.807, 2.05) is 42.5 Å². The fourth-order valence-electron chi connectivity index (χ4n) is 3.02. The third-order valence-corrected chi connectivity index (χ3v) is 4.50. The van der Waals surface area contributed by atoms with E-state index >= 15 is 0 Å². The summed E-state index contributed by atoms with van der Waals surface area (Å²) in [7, 11) is 0. The molecule has 3 rings (SSSR count). The Bertz CT molecular complexity index is 953. The van der Waals surface area contributed by atoms with Gasteiger partial charge in [-0.2, -0.15) is 0 Å². The molecule has 0 radical (unpaired) electrons. The van der Waals surface area contributed by atoms with Crippen LogP contribution in [0.15, 0.2) is 66.7 Å². The van der Waals surface area contributed by atoms with Crippen LogP contribution >= 0.6 is 0 Å². The van der Waals surface area contributed by atoms with Crippen molar-refractivity contribution in [3.05, 3.63) is 78.2 Å². The van der Waals surface area contributed by atoms with Gasteiger partial charge in [-0.3, -0.25) is 9.78 Å². The molecule has 0 aliphatic rings. The first-order chi connectivity index (χ1) is 13.9. The Kier molecular flexibility index (Phi) is 6.73. The molecule has 0 fully saturated rings. The third kappa shape index (κ3) is 5.96. The Labute approximate surface area is 170 Å². The summed E-state index contributed by atoms with van der Waals surface area (Å²) >= 11 is 0. The van der Waals surface area contributed by atoms with Crippen LogP contribution in [0.25, 0.3) is 11.3 Å². The van der Waals surface area contributed by atoms with Gasteiger partial charge in [0, 0.05) is 11.3 Å². The first-order valence-corrected chi connectivity index (χ1v) is 9.69. The van der Waals surface area contributed by atoms with Gasteiger partial charge in [-0.25, -0.2) is 4.39 Å². The molecule has 1 atom stereocenters. The molecule has 0 aliphatic carbocycles. The largest absolute Gasteiger partial charge is 0.457 e. The maximum Gasteiger partial charge on any atom is 0.155 e. The maximum atomic E-state index is 13.0. The van der Waals surface area contributed by atoms with E-state index in [9.17, 15) is 9.18 Å². The number of carbonyl (C=O) groups excluding carboxylic acids is 1. The molecule has 0 unspecified atom stereocenters. The Morgan fingerprint density at radius 2 is 1.62 bits per heavy atom. The van der Waals surface area contributed by atoms with E-state index < -0.39 is 6.04 Å². The van der Waals surface area contributed by atoms with Crippen LogP contribution in [0.3, 0.4) is 0 Å². The Balaban J connectivity index is 1.68. The molecule has 1 heterocycles. The molecule has 2 N–H and O–H groups in total. The summed E-state index contributed by atoms with van der Waals surface area (Å²) in [5.74, 6) is 1.29. The lowest BCUT2D eigenvalue weighted by Gasteiger charge is -2.13. The van der Waals surface area contributed by atoms with E-state index in [0.717, 1.165) is 11.3 Å². The van der Waals surface area contributed by atoms with Gasteiger partial charge in [0.1, 0.15) is 17.3 Å². The number of rotatable bonds is 8. The molecule has 0 saturated carbocycles. The highest BCUT2D eigenvalue weighted by Gasteiger charge is 2.16. The van der Waals surface area contributed by atoms with Gasteiger partial charge >= 0.3 is 0 Å². The van der Waals surface area contributed by atoms with Gasteiger partial charge in [0.2, 0.25) is 0 Å². The molecule has 0 aliphatic heterocycles. The SMILES string of the molecule is CC(C)C[C@H](N)C(=O)Cc1cccc(-c2ccc(Oc3ccc(F)cc3)cc2)n1. The number of ether oxygens (including phenoxy) is 1. The number of pyridine rings is 1. The molecule has 0 spiro atoms. The summed E-state index contributed by atoms with van der Waals surface area (Å²) in [6, 6.07) is 18.5. The summed E-state index contributed by atoms with van der Waals surface area (Å²) in [5, 5.41) is 0. The Morgan fingerprint density at radius 3 is 2.24 bits per heavy atom. The van der Waals surface area contributed by atoms with Crippen molar-refractivity contribution in [3.8, 4) is 22.8 Å². The van der Waals surface area contributed by atoms with E-state index in [0.29, 0.717) is 29.5 Å². The van der Waals surface area contributed by atoms with E-state index in [1.54, 1.807) is 12.1 Å². The van der Waals surface area contributed by atoms with E-state index in [4.69, 9.17) is 10.5 Å². The van der Waals surface area contributed by atoms with Gasteiger partial charge in [-0.05, 0) is 73.0 Å². The quantitative estimate of drug-likeness (QED) is 0.575. The lowest BCUT2D eigenvalue weighted by molar-refractivity contribution is -0.120. The van der Waals surface area contributed by atoms with Crippen molar-refractivity contribution in [2.45, 2.75) is 32.7 Å². The van der Waals surface area contributed by atoms with Crippen molar-refractivity contribution in [2.75, 3.05) is 0 Å². The predicted molar refractivity (Wildman–Crippen MR) is 112 cm³/mol. The van der Waals surface area contributed by atoms with Gasteiger partial charge in [0.15, 0.2) is 5.78 Å². The van der Waals surface area contributed by atoms with E-state index in [-0.39, 0.29) is 18.0 Å². The first-order valence-electron chi connectivity index (χ1n) is 9.69. The van der Waals surface area contributed by atoms with Crippen LogP contribution in [0.1, 0.15) is 26.0 Å². The summed E-state index contributed by atoms with van der Waals surface area (Å²) < 4.78 is 18.7. The zero-order chi connectivity index (χ0) is 20.8. The molecule has 1 aromatic heterocycles. The van der Waals surface area contributed by atoms with Gasteiger partial charge in [0.25, 0.3) is 0 Å². The topological polar surface area (TPSA) is 65.2 Å². The van der Waals surface area contributed by atoms with Crippen molar-refractivity contribution in [1.82, 2.24) is 4.98 Å². The number of nitrogens with two attached hydrogens (primary N) is 1. The van der Waals surface area contributed by atoms with Crippen molar-refractivity contribution in [1.29, 1.82) is 0 Å². The van der Waals surface area contributed by atoms with Crippen LogP contribution in [0.5, 0.6) is 11.5 Å². The van der Waals surface area contributed by atoms with Crippen molar-refractivity contribution in [3.63, 3.8) is 0 Å². The molecular formula is C24H25FN2O2. The average molecular weight is 392 g/mol. The number of aromatic nitrogens is 1.